The third kappa shape index (κ3) is 13.2. The molecule has 0 unspecified atom stereocenters. The molecule has 0 aliphatic rings. The lowest BCUT2D eigenvalue weighted by Crippen LogP contribution is -2.68. The SMILES string of the molecule is C[C@H](OC(=O)c1ccc[nH]1)[C@H](NC(=O)OC(C)(C)C)C(=O)N[C@@H](CO[Si](c1ccccc1)(c1ccccc1)C(C)(C)C)C(=O)N[C@H](CC(=O)OCc1ccccc1)c1ccccc1. The molecule has 0 aliphatic heterocycles. The summed E-state index contributed by atoms with van der Waals surface area (Å²) in [7, 11) is -3.30. The largest absolute Gasteiger partial charge is 0.461 e. The second-order valence-corrected chi connectivity index (χ2v) is 21.5. The maximum Gasteiger partial charge on any atom is 0.408 e. The topological polar surface area (TPSA) is 174 Å². The van der Waals surface area contributed by atoms with E-state index < -0.39 is 73.0 Å². The van der Waals surface area contributed by atoms with E-state index in [9.17, 15) is 24.0 Å². The van der Waals surface area contributed by atoms with Crippen LogP contribution in [0.4, 0.5) is 4.79 Å². The highest BCUT2D eigenvalue weighted by Crippen LogP contribution is 2.37. The number of alkyl carbamates (subject to hydrolysis) is 1. The molecule has 3 amide bonds. The van der Waals surface area contributed by atoms with Gasteiger partial charge in [0.25, 0.3) is 8.32 Å². The summed E-state index contributed by atoms with van der Waals surface area (Å²) in [5.74, 6) is -2.88. The maximum absolute atomic E-state index is 14.9. The highest BCUT2D eigenvalue weighted by molar-refractivity contribution is 6.99. The number of benzene rings is 4. The van der Waals surface area contributed by atoms with Gasteiger partial charge in [0.2, 0.25) is 11.8 Å². The van der Waals surface area contributed by atoms with Crippen molar-refractivity contribution in [3.8, 4) is 0 Å². The van der Waals surface area contributed by atoms with Crippen LogP contribution < -0.4 is 26.3 Å². The van der Waals surface area contributed by atoms with Crippen molar-refractivity contribution in [2.24, 2.45) is 0 Å². The van der Waals surface area contributed by atoms with Crippen molar-refractivity contribution in [3.05, 3.63) is 156 Å². The quantitative estimate of drug-likeness (QED) is 0.0435. The van der Waals surface area contributed by atoms with Gasteiger partial charge in [-0.05, 0) is 66.4 Å². The molecule has 0 bridgehead atoms. The van der Waals surface area contributed by atoms with Crippen molar-refractivity contribution in [1.82, 2.24) is 20.9 Å². The predicted octanol–water partition coefficient (Wildman–Crippen LogP) is 6.51. The number of esters is 2. The van der Waals surface area contributed by atoms with Crippen LogP contribution >= 0.6 is 0 Å². The van der Waals surface area contributed by atoms with E-state index >= 15 is 0 Å². The molecule has 4 N–H and O–H groups in total. The van der Waals surface area contributed by atoms with Gasteiger partial charge in [0.1, 0.15) is 36.1 Å². The van der Waals surface area contributed by atoms with Crippen molar-refractivity contribution in [2.45, 2.75) is 96.4 Å². The van der Waals surface area contributed by atoms with E-state index in [1.165, 1.54) is 13.0 Å². The van der Waals surface area contributed by atoms with Crippen LogP contribution in [-0.4, -0.2) is 73.5 Å². The number of aromatic nitrogens is 1. The smallest absolute Gasteiger partial charge is 0.408 e. The molecule has 1 heterocycles. The second kappa shape index (κ2) is 21.5. The molecule has 14 heteroatoms. The van der Waals surface area contributed by atoms with E-state index in [0.29, 0.717) is 5.56 Å². The summed E-state index contributed by atoms with van der Waals surface area (Å²) in [5, 5.41) is 9.73. The first-order chi connectivity index (χ1) is 30.0. The number of rotatable bonds is 18. The summed E-state index contributed by atoms with van der Waals surface area (Å²) < 4.78 is 24.0. The van der Waals surface area contributed by atoms with Crippen LogP contribution in [-0.2, 0) is 39.6 Å². The van der Waals surface area contributed by atoms with Gasteiger partial charge in [-0.2, -0.15) is 0 Å². The maximum atomic E-state index is 14.9. The zero-order valence-corrected chi connectivity index (χ0v) is 37.9. The van der Waals surface area contributed by atoms with E-state index in [1.54, 1.807) is 57.3 Å². The number of ether oxygens (including phenoxy) is 3. The zero-order chi connectivity index (χ0) is 45.6. The van der Waals surface area contributed by atoms with Crippen LogP contribution in [0.15, 0.2) is 140 Å². The fraction of sp³-hybridized carbons (Fsp3) is 0.327. The minimum absolute atomic E-state index is 0.0405. The minimum Gasteiger partial charge on any atom is -0.461 e. The monoisotopic (exact) mass is 874 g/mol. The molecule has 332 valence electrons. The summed E-state index contributed by atoms with van der Waals surface area (Å²) in [4.78, 5) is 72.0. The Labute approximate surface area is 370 Å². The van der Waals surface area contributed by atoms with Gasteiger partial charge >= 0.3 is 18.0 Å². The van der Waals surface area contributed by atoms with Crippen molar-refractivity contribution >= 4 is 48.5 Å². The number of aromatic amines is 1. The van der Waals surface area contributed by atoms with E-state index in [1.807, 2.05) is 97.1 Å². The molecule has 5 rings (SSSR count). The van der Waals surface area contributed by atoms with Crippen molar-refractivity contribution in [1.29, 1.82) is 0 Å². The van der Waals surface area contributed by atoms with Crippen molar-refractivity contribution < 1.29 is 42.6 Å². The average Bonchev–Trinajstić information content (AvgIpc) is 3.80. The zero-order valence-electron chi connectivity index (χ0n) is 36.9. The fourth-order valence-corrected chi connectivity index (χ4v) is 11.7. The van der Waals surface area contributed by atoms with Crippen molar-refractivity contribution in [2.75, 3.05) is 6.61 Å². The van der Waals surface area contributed by atoms with E-state index in [0.717, 1.165) is 15.9 Å². The third-order valence-corrected chi connectivity index (χ3v) is 15.2. The number of H-pyrrole nitrogens is 1. The molecular weight excluding hydrogens is 817 g/mol. The molecule has 0 saturated heterocycles. The summed E-state index contributed by atoms with van der Waals surface area (Å²) >= 11 is 0. The molecule has 4 aromatic carbocycles. The van der Waals surface area contributed by atoms with Gasteiger partial charge in [0.15, 0.2) is 0 Å². The van der Waals surface area contributed by atoms with Gasteiger partial charge in [-0.3, -0.25) is 14.4 Å². The molecule has 0 saturated carbocycles. The molecule has 5 aromatic rings. The Morgan fingerprint density at radius 1 is 0.667 bits per heavy atom. The summed E-state index contributed by atoms with van der Waals surface area (Å²) in [5.41, 5.74) is 0.616. The molecule has 0 spiro atoms. The molecular formula is C49H58N4O9Si. The highest BCUT2D eigenvalue weighted by Gasteiger charge is 2.51. The number of hydrogen-bond acceptors (Lipinski definition) is 9. The van der Waals surface area contributed by atoms with Gasteiger partial charge in [0.05, 0.1) is 19.1 Å². The summed E-state index contributed by atoms with van der Waals surface area (Å²) in [6.45, 7) is 12.4. The number of carbonyl (C=O) groups is 5. The van der Waals surface area contributed by atoms with Crippen LogP contribution in [0.1, 0.15) is 82.5 Å². The lowest BCUT2D eigenvalue weighted by molar-refractivity contribution is -0.146. The number of hydrogen-bond donors (Lipinski definition) is 4. The average molecular weight is 875 g/mol. The molecule has 63 heavy (non-hydrogen) atoms. The van der Waals surface area contributed by atoms with Gasteiger partial charge in [0, 0.05) is 6.20 Å². The minimum atomic E-state index is -3.30. The van der Waals surface area contributed by atoms with Crippen LogP contribution in [0.2, 0.25) is 5.04 Å². The predicted molar refractivity (Wildman–Crippen MR) is 243 cm³/mol. The Morgan fingerprint density at radius 3 is 1.75 bits per heavy atom. The first-order valence-electron chi connectivity index (χ1n) is 20.9. The molecule has 4 atom stereocenters. The Bertz CT molecular complexity index is 2210. The Hall–Kier alpha value is -6.51. The molecule has 0 radical (unpaired) electrons. The Morgan fingerprint density at radius 2 is 1.22 bits per heavy atom. The third-order valence-electron chi connectivity index (χ3n) is 10.2. The van der Waals surface area contributed by atoms with Gasteiger partial charge < -0.3 is 39.6 Å². The molecule has 13 nitrogen and oxygen atoms in total. The summed E-state index contributed by atoms with van der Waals surface area (Å²) in [6, 6.07) is 37.1. The van der Waals surface area contributed by atoms with Crippen LogP contribution in [0, 0.1) is 0 Å². The van der Waals surface area contributed by atoms with Gasteiger partial charge in [-0.1, -0.05) is 142 Å². The lowest BCUT2D eigenvalue weighted by Gasteiger charge is -2.43. The van der Waals surface area contributed by atoms with Crippen LogP contribution in [0.3, 0.4) is 0 Å². The van der Waals surface area contributed by atoms with Crippen molar-refractivity contribution in [3.63, 3.8) is 0 Å². The number of nitrogens with one attached hydrogen (secondary N) is 4. The fourth-order valence-electron chi connectivity index (χ4n) is 7.18. The normalized spacial score (nSPS) is 13.6. The Balaban J connectivity index is 1.52. The van der Waals surface area contributed by atoms with Gasteiger partial charge in [-0.25, -0.2) is 9.59 Å². The number of amides is 3. The van der Waals surface area contributed by atoms with E-state index in [-0.39, 0.29) is 25.3 Å². The first kappa shape index (κ1) is 47.5. The second-order valence-electron chi connectivity index (χ2n) is 17.2. The van der Waals surface area contributed by atoms with E-state index in [4.69, 9.17) is 18.6 Å². The molecule has 0 aliphatic carbocycles. The standard InChI is InChI=1S/C49H58N4O9Si/c1-34(61-46(57)39-29-20-30-50-39)43(53-47(58)62-48(2,3)4)45(56)52-41(33-60-63(49(5,6)7,37-25-16-10-17-26-37)38-27-18-11-19-28-38)44(55)51-40(36-23-14-9-15-24-36)31-42(54)59-32-35-21-12-8-13-22-35/h8-30,34,40-41,43,50H,31-33H2,1-7H3,(H,51,55)(H,52,56)(H,53,58)/t34-,40+,41-,43-/m0/s1. The highest BCUT2D eigenvalue weighted by atomic mass is 28.4. The van der Waals surface area contributed by atoms with Gasteiger partial charge in [-0.15, -0.1) is 0 Å². The van der Waals surface area contributed by atoms with Crippen LogP contribution in [0.25, 0.3) is 0 Å². The number of carbonyl (C=O) groups excluding carboxylic acids is 5. The van der Waals surface area contributed by atoms with E-state index in [2.05, 4.69) is 41.7 Å². The summed E-state index contributed by atoms with van der Waals surface area (Å²) in [6.07, 6.45) is -0.891. The lowest BCUT2D eigenvalue weighted by atomic mass is 10.0. The van der Waals surface area contributed by atoms with Crippen LogP contribution in [0.5, 0.6) is 0 Å². The molecule has 1 aromatic heterocycles. The molecule has 0 fully saturated rings. The first-order valence-corrected chi connectivity index (χ1v) is 22.8. The Kier molecular flexibility index (Phi) is 16.2.